The van der Waals surface area contributed by atoms with E-state index in [0.29, 0.717) is 11.1 Å². The molecule has 0 amide bonds. The van der Waals surface area contributed by atoms with E-state index in [4.69, 9.17) is 16.2 Å². The monoisotopic (exact) mass is 270 g/mol. The van der Waals surface area contributed by atoms with Gasteiger partial charge in [0.25, 0.3) is 9.05 Å². The number of hydrogen-bond donors (Lipinski definition) is 1. The molecule has 88 valence electrons. The van der Waals surface area contributed by atoms with Crippen LogP contribution in [0.3, 0.4) is 0 Å². The Morgan fingerprint density at radius 1 is 1.35 bits per heavy atom. The molecule has 0 spiro atoms. The van der Waals surface area contributed by atoms with Gasteiger partial charge < -0.3 is 10.6 Å². The minimum atomic E-state index is -3.88. The van der Waals surface area contributed by atoms with Gasteiger partial charge in [0.05, 0.1) is 4.90 Å². The molecular weight excluding hydrogens is 264 g/mol. The predicted octanol–water partition coefficient (Wildman–Crippen LogP) is 1.35. The van der Waals surface area contributed by atoms with Crippen LogP contribution in [0.2, 0.25) is 0 Å². The van der Waals surface area contributed by atoms with Crippen LogP contribution < -0.4 is 0 Å². The fourth-order valence-corrected chi connectivity index (χ4v) is 2.79. The van der Waals surface area contributed by atoms with Gasteiger partial charge in [0.2, 0.25) is 0 Å². The van der Waals surface area contributed by atoms with Crippen molar-refractivity contribution in [2.75, 3.05) is 0 Å². The average molecular weight is 271 g/mol. The van der Waals surface area contributed by atoms with E-state index >= 15 is 0 Å². The molecule has 1 aliphatic carbocycles. The summed E-state index contributed by atoms with van der Waals surface area (Å²) in [5.74, 6) is 0. The molecule has 1 aliphatic rings. The Labute approximate surface area is 102 Å². The first-order valence-corrected chi connectivity index (χ1v) is 6.91. The van der Waals surface area contributed by atoms with Crippen LogP contribution in [0.25, 0.3) is 11.6 Å². The molecular formula is C10H7ClN2O3S. The molecule has 1 N–H and O–H groups in total. The lowest BCUT2D eigenvalue weighted by Gasteiger charge is -2.15. The fraction of sp³-hybridized carbons (Fsp3) is 0.100. The summed E-state index contributed by atoms with van der Waals surface area (Å²) < 4.78 is 22.7. The summed E-state index contributed by atoms with van der Waals surface area (Å²) in [4.78, 5) is 2.84. The van der Waals surface area contributed by atoms with Crippen LogP contribution in [-0.4, -0.2) is 24.0 Å². The fourth-order valence-electron chi connectivity index (χ4n) is 1.70. The van der Waals surface area contributed by atoms with Gasteiger partial charge in [-0.2, -0.15) is 4.79 Å². The zero-order valence-corrected chi connectivity index (χ0v) is 9.98. The van der Waals surface area contributed by atoms with Gasteiger partial charge in [-0.1, -0.05) is 12.1 Å². The number of hydrogen-bond acceptors (Lipinski definition) is 3. The lowest BCUT2D eigenvalue weighted by atomic mass is 9.93. The molecule has 0 saturated heterocycles. The predicted molar refractivity (Wildman–Crippen MR) is 62.1 cm³/mol. The lowest BCUT2D eigenvalue weighted by Crippen LogP contribution is -2.16. The number of fused-ring (bicyclic) bond motifs is 1. The largest absolute Gasteiger partial charge is 0.376 e. The van der Waals surface area contributed by atoms with Crippen molar-refractivity contribution >= 4 is 31.5 Å². The second kappa shape index (κ2) is 4.09. The van der Waals surface area contributed by atoms with Gasteiger partial charge in [-0.15, -0.1) is 0 Å². The Kier molecular flexibility index (Phi) is 2.89. The maximum Gasteiger partial charge on any atom is 0.324 e. The summed E-state index contributed by atoms with van der Waals surface area (Å²) in [6.07, 6.45) is 1.60. The molecule has 0 bridgehead atoms. The summed E-state index contributed by atoms with van der Waals surface area (Å²) in [6.45, 7) is 0. The highest BCUT2D eigenvalue weighted by Crippen LogP contribution is 2.31. The minimum absolute atomic E-state index is 0.0432. The Bertz CT molecular complexity index is 660. The summed E-state index contributed by atoms with van der Waals surface area (Å²) >= 11 is 0. The Hall–Kier alpha value is -1.46. The maximum absolute atomic E-state index is 11.3. The van der Waals surface area contributed by atoms with Gasteiger partial charge >= 0.3 is 5.71 Å². The van der Waals surface area contributed by atoms with Crippen molar-refractivity contribution in [2.45, 2.75) is 11.0 Å². The highest BCUT2D eigenvalue weighted by Gasteiger charge is 2.29. The van der Waals surface area contributed by atoms with Crippen LogP contribution in [0.5, 0.6) is 0 Å². The van der Waals surface area contributed by atoms with E-state index in [0.717, 1.165) is 0 Å². The second-order valence-corrected chi connectivity index (χ2v) is 5.99. The van der Waals surface area contributed by atoms with Crippen molar-refractivity contribution in [2.24, 2.45) is 0 Å². The number of aliphatic hydroxyl groups excluding tert-OH is 1. The van der Waals surface area contributed by atoms with E-state index < -0.39 is 15.2 Å². The van der Waals surface area contributed by atoms with Crippen molar-refractivity contribution in [3.63, 3.8) is 0 Å². The standard InChI is InChI=1S/C10H7ClN2O3S/c11-17(15,16)9-3-1-2-7-6(9)4-5-8(13-12)10(7)14/h1-5,10,14H/t10-/m1/s1. The molecule has 0 radical (unpaired) electrons. The number of aliphatic hydroxyl groups is 1. The summed E-state index contributed by atoms with van der Waals surface area (Å²) in [5, 5.41) is 9.83. The summed E-state index contributed by atoms with van der Waals surface area (Å²) in [5.41, 5.74) is 9.33. The molecule has 1 aromatic carbocycles. The zero-order chi connectivity index (χ0) is 12.6. The molecule has 5 nitrogen and oxygen atoms in total. The van der Waals surface area contributed by atoms with Crippen LogP contribution in [-0.2, 0) is 9.05 Å². The van der Waals surface area contributed by atoms with Gasteiger partial charge in [0.1, 0.15) is 0 Å². The molecule has 1 atom stereocenters. The van der Waals surface area contributed by atoms with Gasteiger partial charge in [-0.05, 0) is 12.1 Å². The first-order valence-electron chi connectivity index (χ1n) is 4.61. The van der Waals surface area contributed by atoms with Crippen molar-refractivity contribution in [3.05, 3.63) is 40.9 Å². The molecule has 0 unspecified atom stereocenters. The molecule has 17 heavy (non-hydrogen) atoms. The zero-order valence-electron chi connectivity index (χ0n) is 8.41. The highest BCUT2D eigenvalue weighted by molar-refractivity contribution is 8.13. The molecule has 0 aromatic heterocycles. The first kappa shape index (κ1) is 12.0. The molecule has 0 heterocycles. The first-order chi connectivity index (χ1) is 7.95. The quantitative estimate of drug-likeness (QED) is 0.474. The average Bonchev–Trinajstić information content (AvgIpc) is 2.28. The van der Waals surface area contributed by atoms with Crippen molar-refractivity contribution < 1.29 is 18.3 Å². The van der Waals surface area contributed by atoms with Crippen LogP contribution in [0.4, 0.5) is 0 Å². The van der Waals surface area contributed by atoms with E-state index in [1.165, 1.54) is 24.3 Å². The molecule has 0 saturated carbocycles. The van der Waals surface area contributed by atoms with E-state index in [-0.39, 0.29) is 10.6 Å². The van der Waals surface area contributed by atoms with Crippen LogP contribution >= 0.6 is 10.7 Å². The van der Waals surface area contributed by atoms with Gasteiger partial charge in [0, 0.05) is 27.9 Å². The van der Waals surface area contributed by atoms with Crippen molar-refractivity contribution in [1.82, 2.24) is 0 Å². The van der Waals surface area contributed by atoms with E-state index in [1.807, 2.05) is 0 Å². The number of rotatable bonds is 1. The SMILES string of the molecule is [N-]=[N+]=C1C=Cc2c(cccc2S(=O)(=O)Cl)[C@H]1O. The third kappa shape index (κ3) is 2.03. The third-order valence-corrected chi connectivity index (χ3v) is 3.85. The third-order valence-electron chi connectivity index (χ3n) is 2.47. The smallest absolute Gasteiger partial charge is 0.324 e. The highest BCUT2D eigenvalue weighted by atomic mass is 35.7. The van der Waals surface area contributed by atoms with E-state index in [1.54, 1.807) is 6.07 Å². The lowest BCUT2D eigenvalue weighted by molar-refractivity contribution is -0.0188. The Morgan fingerprint density at radius 3 is 2.65 bits per heavy atom. The van der Waals surface area contributed by atoms with Crippen LogP contribution in [0.1, 0.15) is 17.2 Å². The van der Waals surface area contributed by atoms with Crippen LogP contribution in [0.15, 0.2) is 29.2 Å². The van der Waals surface area contributed by atoms with Crippen LogP contribution in [0, 0.1) is 0 Å². The van der Waals surface area contributed by atoms with Gasteiger partial charge in [-0.3, -0.25) is 0 Å². The topological polar surface area (TPSA) is 90.8 Å². The second-order valence-electron chi connectivity index (χ2n) is 3.46. The number of halogens is 1. The van der Waals surface area contributed by atoms with Crippen molar-refractivity contribution in [1.29, 1.82) is 0 Å². The number of benzene rings is 1. The van der Waals surface area contributed by atoms with Crippen molar-refractivity contribution in [3.8, 4) is 0 Å². The maximum atomic E-state index is 11.3. The number of nitrogens with zero attached hydrogens (tertiary/aromatic N) is 2. The summed E-state index contributed by atoms with van der Waals surface area (Å²) in [7, 11) is 1.41. The normalized spacial score (nSPS) is 18.7. The molecule has 1 aromatic rings. The summed E-state index contributed by atoms with van der Waals surface area (Å²) in [6, 6.07) is 4.35. The van der Waals surface area contributed by atoms with Gasteiger partial charge in [-0.25, -0.2) is 8.42 Å². The Balaban J connectivity index is 2.75. The van der Waals surface area contributed by atoms with Gasteiger partial charge in [0.15, 0.2) is 6.10 Å². The molecule has 0 aliphatic heterocycles. The molecule has 2 rings (SSSR count). The van der Waals surface area contributed by atoms with E-state index in [9.17, 15) is 13.5 Å². The molecule has 0 fully saturated rings. The minimum Gasteiger partial charge on any atom is -0.376 e. The molecule has 7 heteroatoms. The van der Waals surface area contributed by atoms with E-state index in [2.05, 4.69) is 4.79 Å². The Morgan fingerprint density at radius 2 is 2.06 bits per heavy atom.